The highest BCUT2D eigenvalue weighted by atomic mass is 16.5. The van der Waals surface area contributed by atoms with E-state index in [0.717, 1.165) is 13.2 Å². The zero-order chi connectivity index (χ0) is 8.44. The fourth-order valence-electron chi connectivity index (χ4n) is 2.22. The van der Waals surface area contributed by atoms with Gasteiger partial charge in [0.2, 0.25) is 0 Å². The molecule has 0 aliphatic carbocycles. The van der Waals surface area contributed by atoms with Crippen molar-refractivity contribution in [3.8, 4) is 0 Å². The predicted octanol–water partition coefficient (Wildman–Crippen LogP) is 1.51. The van der Waals surface area contributed by atoms with Crippen molar-refractivity contribution in [3.63, 3.8) is 0 Å². The van der Waals surface area contributed by atoms with Gasteiger partial charge in [-0.3, -0.25) is 0 Å². The molecule has 0 N–H and O–H groups in total. The molecule has 0 amide bonds. The summed E-state index contributed by atoms with van der Waals surface area (Å²) in [5.41, 5.74) is 0.617. The Kier molecular flexibility index (Phi) is 2.37. The van der Waals surface area contributed by atoms with Crippen LogP contribution in [0.4, 0.5) is 0 Å². The summed E-state index contributed by atoms with van der Waals surface area (Å²) in [5.74, 6) is 0. The standard InChI is InChI=1S/C10H19NO/c1-2-3-4-5-11-6-10(7-11)8-12-9-10/h2-9H2,1H3. The minimum atomic E-state index is 0.617. The second-order valence-electron chi connectivity index (χ2n) is 4.41. The van der Waals surface area contributed by atoms with Gasteiger partial charge in [-0.25, -0.2) is 0 Å². The van der Waals surface area contributed by atoms with E-state index in [1.54, 1.807) is 0 Å². The summed E-state index contributed by atoms with van der Waals surface area (Å²) in [6, 6.07) is 0. The SMILES string of the molecule is CCCCCN1CC2(COC2)C1. The molecule has 2 rings (SSSR count). The Hall–Kier alpha value is -0.0800. The van der Waals surface area contributed by atoms with Crippen LogP contribution >= 0.6 is 0 Å². The highest BCUT2D eigenvalue weighted by Gasteiger charge is 2.48. The highest BCUT2D eigenvalue weighted by molar-refractivity contribution is 4.99. The Labute approximate surface area is 74.9 Å². The van der Waals surface area contributed by atoms with E-state index in [9.17, 15) is 0 Å². The van der Waals surface area contributed by atoms with Crippen LogP contribution in [0.5, 0.6) is 0 Å². The smallest absolute Gasteiger partial charge is 0.0569 e. The van der Waals surface area contributed by atoms with Crippen molar-refractivity contribution < 1.29 is 4.74 Å². The Balaban J connectivity index is 1.56. The maximum Gasteiger partial charge on any atom is 0.0569 e. The Bertz CT molecular complexity index is 146. The molecule has 2 saturated heterocycles. The summed E-state index contributed by atoms with van der Waals surface area (Å²) in [6.07, 6.45) is 4.11. The van der Waals surface area contributed by atoms with Crippen molar-refractivity contribution in [1.29, 1.82) is 0 Å². The van der Waals surface area contributed by atoms with E-state index in [2.05, 4.69) is 11.8 Å². The van der Waals surface area contributed by atoms with Gasteiger partial charge in [0, 0.05) is 18.5 Å². The van der Waals surface area contributed by atoms with E-state index >= 15 is 0 Å². The number of hydrogen-bond donors (Lipinski definition) is 0. The molecule has 1 spiro atoms. The van der Waals surface area contributed by atoms with Crippen LogP contribution in [-0.4, -0.2) is 37.7 Å². The van der Waals surface area contributed by atoms with E-state index in [1.807, 2.05) is 0 Å². The number of rotatable bonds is 4. The van der Waals surface area contributed by atoms with E-state index in [1.165, 1.54) is 38.9 Å². The molecule has 0 aromatic heterocycles. The third kappa shape index (κ3) is 1.50. The van der Waals surface area contributed by atoms with Gasteiger partial charge >= 0.3 is 0 Å². The first-order chi connectivity index (χ1) is 5.85. The van der Waals surface area contributed by atoms with Crippen LogP contribution in [0.1, 0.15) is 26.2 Å². The van der Waals surface area contributed by atoms with Crippen LogP contribution in [0.15, 0.2) is 0 Å². The van der Waals surface area contributed by atoms with E-state index in [-0.39, 0.29) is 0 Å². The van der Waals surface area contributed by atoms with Gasteiger partial charge < -0.3 is 9.64 Å². The van der Waals surface area contributed by atoms with Crippen molar-refractivity contribution in [3.05, 3.63) is 0 Å². The summed E-state index contributed by atoms with van der Waals surface area (Å²) >= 11 is 0. The van der Waals surface area contributed by atoms with Crippen molar-refractivity contribution in [2.45, 2.75) is 26.2 Å². The first kappa shape index (κ1) is 8.52. The molecule has 2 heteroatoms. The minimum absolute atomic E-state index is 0.617. The minimum Gasteiger partial charge on any atom is -0.380 e. The first-order valence-corrected chi connectivity index (χ1v) is 5.15. The van der Waals surface area contributed by atoms with Gasteiger partial charge in [0.15, 0.2) is 0 Å². The second-order valence-corrected chi connectivity index (χ2v) is 4.41. The van der Waals surface area contributed by atoms with Crippen molar-refractivity contribution in [1.82, 2.24) is 4.90 Å². The number of unbranched alkanes of at least 4 members (excludes halogenated alkanes) is 2. The van der Waals surface area contributed by atoms with Crippen LogP contribution in [0, 0.1) is 5.41 Å². The fraction of sp³-hybridized carbons (Fsp3) is 1.00. The van der Waals surface area contributed by atoms with Crippen LogP contribution in [-0.2, 0) is 4.74 Å². The van der Waals surface area contributed by atoms with Gasteiger partial charge in [0.05, 0.1) is 13.2 Å². The molecule has 70 valence electrons. The Morgan fingerprint density at radius 2 is 2.00 bits per heavy atom. The van der Waals surface area contributed by atoms with E-state index < -0.39 is 0 Å². The lowest BCUT2D eigenvalue weighted by atomic mass is 9.78. The fourth-order valence-corrected chi connectivity index (χ4v) is 2.22. The third-order valence-corrected chi connectivity index (χ3v) is 3.01. The zero-order valence-electron chi connectivity index (χ0n) is 8.01. The van der Waals surface area contributed by atoms with Crippen LogP contribution in [0.3, 0.4) is 0 Å². The topological polar surface area (TPSA) is 12.5 Å². The molecular weight excluding hydrogens is 150 g/mol. The molecule has 0 bridgehead atoms. The molecule has 2 heterocycles. The third-order valence-electron chi connectivity index (χ3n) is 3.01. The largest absolute Gasteiger partial charge is 0.380 e. The van der Waals surface area contributed by atoms with Crippen molar-refractivity contribution in [2.24, 2.45) is 5.41 Å². The lowest BCUT2D eigenvalue weighted by Crippen LogP contribution is -2.65. The molecular formula is C10H19NO. The molecule has 2 aliphatic heterocycles. The number of likely N-dealkylation sites (tertiary alicyclic amines) is 1. The van der Waals surface area contributed by atoms with Gasteiger partial charge in [-0.1, -0.05) is 19.8 Å². The quantitative estimate of drug-likeness (QED) is 0.591. The monoisotopic (exact) mass is 169 g/mol. The molecule has 2 nitrogen and oxygen atoms in total. The van der Waals surface area contributed by atoms with E-state index in [4.69, 9.17) is 4.74 Å². The molecule has 0 aromatic carbocycles. The predicted molar refractivity (Wildman–Crippen MR) is 49.2 cm³/mol. The molecule has 0 unspecified atom stereocenters. The number of hydrogen-bond acceptors (Lipinski definition) is 2. The molecule has 0 saturated carbocycles. The summed E-state index contributed by atoms with van der Waals surface area (Å²) in [7, 11) is 0. The van der Waals surface area contributed by atoms with Gasteiger partial charge in [-0.05, 0) is 13.0 Å². The normalized spacial score (nSPS) is 26.8. The average molecular weight is 169 g/mol. The lowest BCUT2D eigenvalue weighted by Gasteiger charge is -2.55. The maximum absolute atomic E-state index is 5.23. The molecule has 12 heavy (non-hydrogen) atoms. The van der Waals surface area contributed by atoms with Crippen LogP contribution in [0.25, 0.3) is 0 Å². The first-order valence-electron chi connectivity index (χ1n) is 5.15. The van der Waals surface area contributed by atoms with Gasteiger partial charge in [0.1, 0.15) is 0 Å². The van der Waals surface area contributed by atoms with Gasteiger partial charge in [0.25, 0.3) is 0 Å². The van der Waals surface area contributed by atoms with E-state index in [0.29, 0.717) is 5.41 Å². The summed E-state index contributed by atoms with van der Waals surface area (Å²) in [5, 5.41) is 0. The summed E-state index contributed by atoms with van der Waals surface area (Å²) in [6.45, 7) is 8.23. The summed E-state index contributed by atoms with van der Waals surface area (Å²) in [4.78, 5) is 2.57. The van der Waals surface area contributed by atoms with Crippen LogP contribution < -0.4 is 0 Å². The molecule has 0 atom stereocenters. The molecule has 2 aliphatic rings. The Morgan fingerprint density at radius 3 is 2.50 bits per heavy atom. The molecule has 0 aromatic rings. The average Bonchev–Trinajstić information content (AvgIpc) is 1.90. The highest BCUT2D eigenvalue weighted by Crippen LogP contribution is 2.37. The Morgan fingerprint density at radius 1 is 1.25 bits per heavy atom. The number of nitrogens with zero attached hydrogens (tertiary/aromatic N) is 1. The van der Waals surface area contributed by atoms with Gasteiger partial charge in [-0.15, -0.1) is 0 Å². The van der Waals surface area contributed by atoms with Crippen molar-refractivity contribution >= 4 is 0 Å². The number of ether oxygens (including phenoxy) is 1. The van der Waals surface area contributed by atoms with Gasteiger partial charge in [-0.2, -0.15) is 0 Å². The zero-order valence-corrected chi connectivity index (χ0v) is 8.01. The summed E-state index contributed by atoms with van der Waals surface area (Å²) < 4.78 is 5.23. The molecule has 0 radical (unpaired) electrons. The van der Waals surface area contributed by atoms with Crippen molar-refractivity contribution in [2.75, 3.05) is 32.8 Å². The maximum atomic E-state index is 5.23. The van der Waals surface area contributed by atoms with Crippen LogP contribution in [0.2, 0.25) is 0 Å². The molecule has 2 fully saturated rings. The second kappa shape index (κ2) is 3.35. The lowest BCUT2D eigenvalue weighted by molar-refractivity contribution is -0.188.